The topological polar surface area (TPSA) is 61.8 Å². The fourth-order valence-electron chi connectivity index (χ4n) is 0.872. The van der Waals surface area contributed by atoms with Gasteiger partial charge in [-0.15, -0.1) is 5.92 Å². The summed E-state index contributed by atoms with van der Waals surface area (Å²) in [7, 11) is 3.18. The van der Waals surface area contributed by atoms with Crippen LogP contribution in [-0.4, -0.2) is 45.8 Å². The van der Waals surface area contributed by atoms with E-state index in [1.807, 2.05) is 0 Å². The van der Waals surface area contributed by atoms with E-state index in [0.29, 0.717) is 0 Å². The largest absolute Gasteiger partial charge is 1.00 e. The van der Waals surface area contributed by atoms with Gasteiger partial charge >= 0.3 is 51.4 Å². The maximum absolute atomic E-state index is 12.1. The molecular weight excluding hydrogens is 253 g/mol. The average molecular weight is 264 g/mol. The SMILES string of the molecule is COC(=O)[C-](C(=O)C(F)F)C(OC)OC.[K+]. The maximum atomic E-state index is 12.1. The average Bonchev–Trinajstić information content (AvgIpc) is 2.23. The van der Waals surface area contributed by atoms with Crippen LogP contribution >= 0.6 is 0 Å². The zero-order valence-corrected chi connectivity index (χ0v) is 12.6. The Hall–Kier alpha value is 0.426. The van der Waals surface area contributed by atoms with Gasteiger partial charge in [-0.3, -0.25) is 4.79 Å². The number of carbonyl (C=O) groups is 2. The minimum atomic E-state index is -3.31. The first-order valence-electron chi connectivity index (χ1n) is 3.82. The van der Waals surface area contributed by atoms with Crippen LogP contribution in [0, 0.1) is 5.92 Å². The number of methoxy groups -OCH3 is 3. The third kappa shape index (κ3) is 5.17. The van der Waals surface area contributed by atoms with Crippen LogP contribution in [0.2, 0.25) is 0 Å². The van der Waals surface area contributed by atoms with Gasteiger partial charge in [-0.25, -0.2) is 8.78 Å². The van der Waals surface area contributed by atoms with Crippen LogP contribution in [0.25, 0.3) is 0 Å². The molecule has 0 atom stereocenters. The zero-order chi connectivity index (χ0) is 12.0. The maximum Gasteiger partial charge on any atom is 1.00 e. The molecule has 0 amide bonds. The van der Waals surface area contributed by atoms with Crippen molar-refractivity contribution in [3.8, 4) is 0 Å². The molecule has 0 spiro atoms. The van der Waals surface area contributed by atoms with Gasteiger partial charge in [-0.2, -0.15) is 0 Å². The van der Waals surface area contributed by atoms with E-state index >= 15 is 0 Å². The molecule has 16 heavy (non-hydrogen) atoms. The molecule has 0 fully saturated rings. The van der Waals surface area contributed by atoms with Gasteiger partial charge in [0, 0.05) is 14.2 Å². The van der Waals surface area contributed by atoms with Crippen LogP contribution in [0.15, 0.2) is 0 Å². The van der Waals surface area contributed by atoms with E-state index in [1.54, 1.807) is 0 Å². The number of hydrogen-bond donors (Lipinski definition) is 0. The second kappa shape index (κ2) is 9.46. The molecule has 0 saturated carbocycles. The first-order chi connectivity index (χ1) is 6.99. The molecule has 0 heterocycles. The van der Waals surface area contributed by atoms with Crippen LogP contribution in [0.3, 0.4) is 0 Å². The molecule has 88 valence electrons. The summed E-state index contributed by atoms with van der Waals surface area (Å²) in [5.41, 5.74) is 0. The molecule has 0 rings (SSSR count). The number of carbonyl (C=O) groups excluding carboxylic acids is 2. The molecule has 0 aliphatic carbocycles. The van der Waals surface area contributed by atoms with Gasteiger partial charge in [-0.1, -0.05) is 0 Å². The van der Waals surface area contributed by atoms with Gasteiger partial charge in [0.05, 0.1) is 19.2 Å². The molecule has 0 unspecified atom stereocenters. The molecule has 8 heteroatoms. The third-order valence-corrected chi connectivity index (χ3v) is 1.53. The number of ether oxygens (including phenoxy) is 3. The summed E-state index contributed by atoms with van der Waals surface area (Å²) in [5, 5.41) is 0. The van der Waals surface area contributed by atoms with Gasteiger partial charge in [0.25, 0.3) is 6.43 Å². The van der Waals surface area contributed by atoms with Crippen LogP contribution in [-0.2, 0) is 23.8 Å². The van der Waals surface area contributed by atoms with E-state index < -0.39 is 30.4 Å². The van der Waals surface area contributed by atoms with E-state index in [9.17, 15) is 18.4 Å². The standard InChI is InChI=1S/C8H11F2O5.K/c1-13-7(12)4(5(11)6(9)10)8(14-2)15-3;/h6,8H,1-3H3;/q-1;+1. The van der Waals surface area contributed by atoms with Crippen molar-refractivity contribution in [2.75, 3.05) is 21.3 Å². The Balaban J connectivity index is 0. The van der Waals surface area contributed by atoms with Crippen LogP contribution in [0.4, 0.5) is 8.78 Å². The predicted octanol–water partition coefficient (Wildman–Crippen LogP) is -2.81. The Morgan fingerprint density at radius 3 is 1.81 bits per heavy atom. The van der Waals surface area contributed by atoms with Gasteiger partial charge in [-0.05, 0) is 0 Å². The predicted molar refractivity (Wildman–Crippen MR) is 44.1 cm³/mol. The minimum Gasteiger partial charge on any atom is -0.491 e. The fourth-order valence-corrected chi connectivity index (χ4v) is 0.872. The summed E-state index contributed by atoms with van der Waals surface area (Å²) >= 11 is 0. The molecule has 0 aromatic rings. The Morgan fingerprint density at radius 2 is 1.56 bits per heavy atom. The summed E-state index contributed by atoms with van der Waals surface area (Å²) < 4.78 is 37.5. The molecular formula is C8H11F2KO5. The minimum absolute atomic E-state index is 0. The molecule has 5 nitrogen and oxygen atoms in total. The summed E-state index contributed by atoms with van der Waals surface area (Å²) in [6.07, 6.45) is -4.77. The van der Waals surface area contributed by atoms with Crippen LogP contribution < -0.4 is 51.4 Å². The van der Waals surface area contributed by atoms with E-state index in [1.165, 1.54) is 0 Å². The Labute approximate surface area is 134 Å². The van der Waals surface area contributed by atoms with Gasteiger partial charge in [0.1, 0.15) is 0 Å². The number of esters is 1. The van der Waals surface area contributed by atoms with Crippen molar-refractivity contribution < 1.29 is 84.0 Å². The van der Waals surface area contributed by atoms with Crippen molar-refractivity contribution in [3.05, 3.63) is 5.92 Å². The number of Topliss-reactive ketones (excluding diaryl/α,β-unsaturated/α-hetero) is 1. The first kappa shape index (κ1) is 18.8. The Kier molecular flexibility index (Phi) is 11.1. The molecule has 0 N–H and O–H groups in total. The number of ketones is 1. The van der Waals surface area contributed by atoms with Crippen molar-refractivity contribution in [1.29, 1.82) is 0 Å². The third-order valence-electron chi connectivity index (χ3n) is 1.53. The first-order valence-corrected chi connectivity index (χ1v) is 3.82. The van der Waals surface area contributed by atoms with E-state index in [2.05, 4.69) is 14.2 Å². The smallest absolute Gasteiger partial charge is 0.491 e. The van der Waals surface area contributed by atoms with Crippen molar-refractivity contribution >= 4 is 11.8 Å². The summed E-state index contributed by atoms with van der Waals surface area (Å²) in [6.45, 7) is 0. The number of hydrogen-bond acceptors (Lipinski definition) is 5. The zero-order valence-electron chi connectivity index (χ0n) is 9.45. The number of alkyl halides is 2. The van der Waals surface area contributed by atoms with Gasteiger partial charge < -0.3 is 19.0 Å². The quantitative estimate of drug-likeness (QED) is 0.170. The van der Waals surface area contributed by atoms with Crippen molar-refractivity contribution in [3.63, 3.8) is 0 Å². The van der Waals surface area contributed by atoms with E-state index in [-0.39, 0.29) is 51.4 Å². The van der Waals surface area contributed by atoms with E-state index in [0.717, 1.165) is 21.3 Å². The molecule has 0 bridgehead atoms. The normalized spacial score (nSPS) is 9.94. The fraction of sp³-hybridized carbons (Fsp3) is 0.625. The summed E-state index contributed by atoms with van der Waals surface area (Å²) in [4.78, 5) is 22.0. The molecule has 0 aliphatic heterocycles. The molecule has 0 saturated heterocycles. The molecule has 0 aromatic heterocycles. The van der Waals surface area contributed by atoms with Crippen LogP contribution in [0.5, 0.6) is 0 Å². The second-order valence-electron chi connectivity index (χ2n) is 2.37. The number of halogens is 2. The summed E-state index contributed by atoms with van der Waals surface area (Å²) in [6, 6.07) is 0. The Morgan fingerprint density at radius 1 is 1.12 bits per heavy atom. The van der Waals surface area contributed by atoms with Gasteiger partial charge in [0.2, 0.25) is 0 Å². The van der Waals surface area contributed by atoms with Crippen molar-refractivity contribution in [2.24, 2.45) is 0 Å². The Bertz CT molecular complexity index is 232. The van der Waals surface area contributed by atoms with Gasteiger partial charge in [0.15, 0.2) is 5.97 Å². The van der Waals surface area contributed by atoms with E-state index in [4.69, 9.17) is 0 Å². The molecule has 0 aromatic carbocycles. The van der Waals surface area contributed by atoms with Crippen molar-refractivity contribution in [1.82, 2.24) is 0 Å². The number of rotatable bonds is 6. The van der Waals surface area contributed by atoms with Crippen molar-refractivity contribution in [2.45, 2.75) is 12.7 Å². The summed E-state index contributed by atoms with van der Waals surface area (Å²) in [5.74, 6) is -3.73. The molecule has 0 aliphatic rings. The monoisotopic (exact) mass is 264 g/mol. The molecule has 0 radical (unpaired) electrons. The van der Waals surface area contributed by atoms with Crippen LogP contribution in [0.1, 0.15) is 0 Å². The second-order valence-corrected chi connectivity index (χ2v) is 2.37.